The molecule has 1 rings (SSSR count). The SMILES string of the molecule is CCCCCCNS(=O)(=O)c1ccccc1CC. The molecule has 0 aliphatic carbocycles. The van der Waals surface area contributed by atoms with E-state index in [4.69, 9.17) is 0 Å². The fourth-order valence-corrected chi connectivity index (χ4v) is 3.28. The van der Waals surface area contributed by atoms with Crippen molar-refractivity contribution in [3.05, 3.63) is 29.8 Å². The molecule has 0 aliphatic heterocycles. The summed E-state index contributed by atoms with van der Waals surface area (Å²) in [6.45, 7) is 4.64. The largest absolute Gasteiger partial charge is 0.240 e. The molecule has 0 amide bonds. The molecule has 0 radical (unpaired) electrons. The molecule has 0 aliphatic rings. The molecule has 0 saturated carbocycles. The van der Waals surface area contributed by atoms with Crippen LogP contribution in [0.15, 0.2) is 29.2 Å². The maximum Gasteiger partial charge on any atom is 0.240 e. The standard InChI is InChI=1S/C14H23NO2S/c1-3-5-6-9-12-15-18(16,17)14-11-8-7-10-13(14)4-2/h7-8,10-11,15H,3-6,9,12H2,1-2H3. The lowest BCUT2D eigenvalue weighted by atomic mass is 10.2. The maximum absolute atomic E-state index is 12.1. The zero-order valence-corrected chi connectivity index (χ0v) is 12.1. The van der Waals surface area contributed by atoms with E-state index in [-0.39, 0.29) is 0 Å². The number of unbranched alkanes of at least 4 members (excludes halogenated alkanes) is 3. The fourth-order valence-electron chi connectivity index (χ4n) is 1.89. The van der Waals surface area contributed by atoms with E-state index in [1.54, 1.807) is 12.1 Å². The second-order valence-corrected chi connectivity index (χ2v) is 6.16. The van der Waals surface area contributed by atoms with Crippen LogP contribution >= 0.6 is 0 Å². The number of nitrogens with one attached hydrogen (secondary N) is 1. The molecule has 0 fully saturated rings. The third-order valence-corrected chi connectivity index (χ3v) is 4.53. The van der Waals surface area contributed by atoms with Gasteiger partial charge in [0.25, 0.3) is 0 Å². The van der Waals surface area contributed by atoms with Gasteiger partial charge in [-0.25, -0.2) is 13.1 Å². The summed E-state index contributed by atoms with van der Waals surface area (Å²) in [5.74, 6) is 0. The Morgan fingerprint density at radius 1 is 1.06 bits per heavy atom. The van der Waals surface area contributed by atoms with Crippen LogP contribution in [0.2, 0.25) is 0 Å². The smallest absolute Gasteiger partial charge is 0.211 e. The van der Waals surface area contributed by atoms with E-state index in [2.05, 4.69) is 11.6 Å². The minimum Gasteiger partial charge on any atom is -0.211 e. The van der Waals surface area contributed by atoms with E-state index in [1.807, 2.05) is 19.1 Å². The lowest BCUT2D eigenvalue weighted by Gasteiger charge is -2.10. The van der Waals surface area contributed by atoms with Crippen LogP contribution in [0.5, 0.6) is 0 Å². The van der Waals surface area contributed by atoms with Crippen LogP contribution in [0.3, 0.4) is 0 Å². The third-order valence-electron chi connectivity index (χ3n) is 2.97. The van der Waals surface area contributed by atoms with E-state index in [0.29, 0.717) is 11.4 Å². The minimum absolute atomic E-state index is 0.419. The van der Waals surface area contributed by atoms with Crippen molar-refractivity contribution in [1.82, 2.24) is 4.72 Å². The summed E-state index contributed by atoms with van der Waals surface area (Å²) < 4.78 is 26.9. The molecule has 0 spiro atoms. The zero-order valence-electron chi connectivity index (χ0n) is 11.3. The molecule has 0 aromatic heterocycles. The summed E-state index contributed by atoms with van der Waals surface area (Å²) in [5.41, 5.74) is 0.874. The molecule has 102 valence electrons. The molecule has 1 aromatic carbocycles. The number of hydrogen-bond acceptors (Lipinski definition) is 2. The number of rotatable bonds is 8. The Balaban J connectivity index is 2.63. The van der Waals surface area contributed by atoms with Gasteiger partial charge in [-0.1, -0.05) is 51.3 Å². The van der Waals surface area contributed by atoms with E-state index < -0.39 is 10.0 Å². The molecule has 3 nitrogen and oxygen atoms in total. The minimum atomic E-state index is -3.34. The molecule has 18 heavy (non-hydrogen) atoms. The Bertz CT molecular complexity index is 455. The zero-order chi connectivity index (χ0) is 13.4. The van der Waals surface area contributed by atoms with Gasteiger partial charge in [0.15, 0.2) is 0 Å². The Labute approximate surface area is 111 Å². The Morgan fingerprint density at radius 2 is 1.78 bits per heavy atom. The molecular formula is C14H23NO2S. The molecule has 0 atom stereocenters. The summed E-state index contributed by atoms with van der Waals surface area (Å²) >= 11 is 0. The molecule has 1 N–H and O–H groups in total. The van der Waals surface area contributed by atoms with Gasteiger partial charge < -0.3 is 0 Å². The average Bonchev–Trinajstić information content (AvgIpc) is 2.38. The fraction of sp³-hybridized carbons (Fsp3) is 0.571. The highest BCUT2D eigenvalue weighted by atomic mass is 32.2. The van der Waals surface area contributed by atoms with Crippen LogP contribution < -0.4 is 4.72 Å². The van der Waals surface area contributed by atoms with Crippen molar-refractivity contribution in [1.29, 1.82) is 0 Å². The molecule has 4 heteroatoms. The van der Waals surface area contributed by atoms with E-state index in [9.17, 15) is 8.42 Å². The highest BCUT2D eigenvalue weighted by Gasteiger charge is 2.16. The first-order valence-corrected chi connectivity index (χ1v) is 8.17. The van der Waals surface area contributed by atoms with Crippen LogP contribution in [-0.2, 0) is 16.4 Å². The van der Waals surface area contributed by atoms with Gasteiger partial charge in [-0.2, -0.15) is 0 Å². The number of hydrogen-bond donors (Lipinski definition) is 1. The van der Waals surface area contributed by atoms with Crippen molar-refractivity contribution in [2.24, 2.45) is 0 Å². The van der Waals surface area contributed by atoms with E-state index >= 15 is 0 Å². The van der Waals surface area contributed by atoms with Gasteiger partial charge in [-0.05, 0) is 24.5 Å². The molecule has 0 unspecified atom stereocenters. The van der Waals surface area contributed by atoms with Crippen LogP contribution in [0.4, 0.5) is 0 Å². The van der Waals surface area contributed by atoms with Gasteiger partial charge in [0.2, 0.25) is 10.0 Å². The van der Waals surface area contributed by atoms with E-state index in [0.717, 1.165) is 37.7 Å². The lowest BCUT2D eigenvalue weighted by molar-refractivity contribution is 0.572. The predicted molar refractivity (Wildman–Crippen MR) is 75.2 cm³/mol. The average molecular weight is 269 g/mol. The number of aryl methyl sites for hydroxylation is 1. The predicted octanol–water partition coefficient (Wildman–Crippen LogP) is 3.11. The third kappa shape index (κ3) is 4.42. The normalized spacial score (nSPS) is 11.7. The summed E-state index contributed by atoms with van der Waals surface area (Å²) in [7, 11) is -3.34. The molecule has 0 bridgehead atoms. The topological polar surface area (TPSA) is 46.2 Å². The van der Waals surface area contributed by atoms with Crippen molar-refractivity contribution in [2.75, 3.05) is 6.54 Å². The monoisotopic (exact) mass is 269 g/mol. The summed E-state index contributed by atoms with van der Waals surface area (Å²) in [4.78, 5) is 0.419. The van der Waals surface area contributed by atoms with Gasteiger partial charge >= 0.3 is 0 Å². The maximum atomic E-state index is 12.1. The first-order valence-electron chi connectivity index (χ1n) is 6.69. The van der Waals surface area contributed by atoms with Gasteiger partial charge in [-0.15, -0.1) is 0 Å². The van der Waals surface area contributed by atoms with Crippen molar-refractivity contribution in [3.63, 3.8) is 0 Å². The lowest BCUT2D eigenvalue weighted by Crippen LogP contribution is -2.25. The Morgan fingerprint density at radius 3 is 2.44 bits per heavy atom. The second kappa shape index (κ2) is 7.54. The molecule has 0 saturated heterocycles. The van der Waals surface area contributed by atoms with Crippen LogP contribution in [0.25, 0.3) is 0 Å². The van der Waals surface area contributed by atoms with Gasteiger partial charge in [0.05, 0.1) is 4.90 Å². The van der Waals surface area contributed by atoms with Gasteiger partial charge in [-0.3, -0.25) is 0 Å². The highest BCUT2D eigenvalue weighted by molar-refractivity contribution is 7.89. The van der Waals surface area contributed by atoms with Crippen LogP contribution in [-0.4, -0.2) is 15.0 Å². The van der Waals surface area contributed by atoms with Crippen molar-refractivity contribution >= 4 is 10.0 Å². The highest BCUT2D eigenvalue weighted by Crippen LogP contribution is 2.15. The van der Waals surface area contributed by atoms with Crippen LogP contribution in [0.1, 0.15) is 45.1 Å². The summed E-state index contributed by atoms with van der Waals surface area (Å²) in [6.07, 6.45) is 5.03. The van der Waals surface area contributed by atoms with Crippen molar-refractivity contribution < 1.29 is 8.42 Å². The molecule has 1 aromatic rings. The summed E-state index contributed by atoms with van der Waals surface area (Å²) in [5, 5.41) is 0. The Hall–Kier alpha value is -0.870. The number of benzene rings is 1. The van der Waals surface area contributed by atoms with E-state index in [1.165, 1.54) is 0 Å². The number of sulfonamides is 1. The summed E-state index contributed by atoms with van der Waals surface area (Å²) in [6, 6.07) is 7.18. The van der Waals surface area contributed by atoms with Crippen molar-refractivity contribution in [3.8, 4) is 0 Å². The molecular weight excluding hydrogens is 246 g/mol. The first-order chi connectivity index (χ1) is 8.61. The van der Waals surface area contributed by atoms with Crippen LogP contribution in [0, 0.1) is 0 Å². The molecule has 0 heterocycles. The Kier molecular flexibility index (Phi) is 6.36. The second-order valence-electron chi connectivity index (χ2n) is 4.42. The van der Waals surface area contributed by atoms with Gasteiger partial charge in [0.1, 0.15) is 0 Å². The van der Waals surface area contributed by atoms with Crippen molar-refractivity contribution in [2.45, 2.75) is 50.8 Å². The van der Waals surface area contributed by atoms with Gasteiger partial charge in [0, 0.05) is 6.54 Å². The first kappa shape index (κ1) is 15.2. The quantitative estimate of drug-likeness (QED) is 0.737.